The number of aryl methyl sites for hydroxylation is 2. The summed E-state index contributed by atoms with van der Waals surface area (Å²) in [7, 11) is 0. The summed E-state index contributed by atoms with van der Waals surface area (Å²) in [5.74, 6) is -3.45. The molecular formula is C19H18F2N6OS. The van der Waals surface area contributed by atoms with Crippen molar-refractivity contribution in [3.05, 3.63) is 44.8 Å². The molecule has 1 aliphatic rings. The molecule has 1 saturated heterocycles. The quantitative estimate of drug-likeness (QED) is 0.525. The lowest BCUT2D eigenvalue weighted by atomic mass is 9.92. The van der Waals surface area contributed by atoms with Crippen LogP contribution in [0.25, 0.3) is 27.4 Å². The minimum absolute atomic E-state index is 0.310. The number of hydrogen-bond acceptors (Lipinski definition) is 6. The Balaban J connectivity index is 1.63. The number of aromatic amines is 1. The lowest BCUT2D eigenvalue weighted by Gasteiger charge is -2.31. The van der Waals surface area contributed by atoms with Crippen molar-refractivity contribution in [2.75, 3.05) is 13.1 Å². The Morgan fingerprint density at radius 3 is 2.90 bits per heavy atom. The van der Waals surface area contributed by atoms with E-state index in [0.29, 0.717) is 39.6 Å². The van der Waals surface area contributed by atoms with Crippen molar-refractivity contribution >= 4 is 27.2 Å². The first kappa shape index (κ1) is 18.3. The van der Waals surface area contributed by atoms with Crippen LogP contribution in [-0.2, 0) is 0 Å². The zero-order valence-electron chi connectivity index (χ0n) is 15.8. The third kappa shape index (κ3) is 3.03. The summed E-state index contributed by atoms with van der Waals surface area (Å²) in [5, 5.41) is 7.55. The molecule has 1 aliphatic heterocycles. The standard InChI is InChI=1S/C19H18F2N6OS/c1-9-5-13(26-27-7-10(2)23-16(9)27)15-24-17(28)11-6-14(29-18(11)25-15)12-3-4-22-8-19(12,20)21/h5-7,12,22H,3-4,8H2,1-2H3,(H,24,25,28). The normalized spacial score (nSPS) is 19.2. The van der Waals surface area contributed by atoms with E-state index in [1.165, 1.54) is 0 Å². The van der Waals surface area contributed by atoms with Gasteiger partial charge in [-0.25, -0.2) is 23.3 Å². The Labute approximate surface area is 167 Å². The number of halogens is 2. The predicted octanol–water partition coefficient (Wildman–Crippen LogP) is 3.02. The molecular weight excluding hydrogens is 398 g/mol. The number of nitrogens with zero attached hydrogens (tertiary/aromatic N) is 4. The van der Waals surface area contributed by atoms with E-state index in [1.807, 2.05) is 13.8 Å². The van der Waals surface area contributed by atoms with Crippen LogP contribution in [0.3, 0.4) is 0 Å². The fourth-order valence-electron chi connectivity index (χ4n) is 3.79. The zero-order valence-corrected chi connectivity index (χ0v) is 16.6. The second kappa shape index (κ2) is 6.39. The summed E-state index contributed by atoms with van der Waals surface area (Å²) < 4.78 is 30.3. The van der Waals surface area contributed by atoms with Crippen molar-refractivity contribution in [2.45, 2.75) is 32.1 Å². The summed E-state index contributed by atoms with van der Waals surface area (Å²) in [6.45, 7) is 3.96. The highest BCUT2D eigenvalue weighted by Crippen LogP contribution is 2.41. The van der Waals surface area contributed by atoms with Crippen LogP contribution in [0.2, 0.25) is 0 Å². The van der Waals surface area contributed by atoms with Gasteiger partial charge in [-0.15, -0.1) is 11.3 Å². The van der Waals surface area contributed by atoms with Crippen molar-refractivity contribution < 1.29 is 8.78 Å². The van der Waals surface area contributed by atoms with Gasteiger partial charge in [0.2, 0.25) is 0 Å². The monoisotopic (exact) mass is 416 g/mol. The van der Waals surface area contributed by atoms with Crippen LogP contribution in [0.1, 0.15) is 28.5 Å². The molecule has 10 heteroatoms. The Hall–Kier alpha value is -2.72. The predicted molar refractivity (Wildman–Crippen MR) is 107 cm³/mol. The number of imidazole rings is 1. The first-order valence-corrected chi connectivity index (χ1v) is 10.1. The summed E-state index contributed by atoms with van der Waals surface area (Å²) in [6.07, 6.45) is 2.12. The molecule has 4 aromatic rings. The third-order valence-electron chi connectivity index (χ3n) is 5.22. The Morgan fingerprint density at radius 1 is 1.28 bits per heavy atom. The minimum Gasteiger partial charge on any atom is -0.311 e. The van der Waals surface area contributed by atoms with Crippen molar-refractivity contribution in [2.24, 2.45) is 0 Å². The van der Waals surface area contributed by atoms with Crippen LogP contribution in [-0.4, -0.2) is 43.6 Å². The molecule has 29 heavy (non-hydrogen) atoms. The van der Waals surface area contributed by atoms with Gasteiger partial charge in [0.15, 0.2) is 11.5 Å². The van der Waals surface area contributed by atoms with Crippen LogP contribution >= 0.6 is 11.3 Å². The number of aromatic nitrogens is 5. The lowest BCUT2D eigenvalue weighted by molar-refractivity contribution is -0.0409. The average Bonchev–Trinajstić information content (AvgIpc) is 3.24. The van der Waals surface area contributed by atoms with E-state index in [0.717, 1.165) is 28.2 Å². The first-order chi connectivity index (χ1) is 13.8. The zero-order chi connectivity index (χ0) is 20.3. The molecule has 0 bridgehead atoms. The maximum absolute atomic E-state index is 14.3. The van der Waals surface area contributed by atoms with Gasteiger partial charge in [-0.2, -0.15) is 5.10 Å². The maximum atomic E-state index is 14.3. The SMILES string of the molecule is Cc1cn2nc(-c3nc4sc(C5CCNCC5(F)F)cc4c(=O)[nH]3)cc(C)c2n1. The van der Waals surface area contributed by atoms with Gasteiger partial charge in [0.25, 0.3) is 11.5 Å². The van der Waals surface area contributed by atoms with Gasteiger partial charge in [0.05, 0.1) is 29.7 Å². The smallest absolute Gasteiger partial charge is 0.267 e. The first-order valence-electron chi connectivity index (χ1n) is 9.28. The summed E-state index contributed by atoms with van der Waals surface area (Å²) >= 11 is 1.16. The molecule has 1 unspecified atom stereocenters. The van der Waals surface area contributed by atoms with Gasteiger partial charge in [-0.05, 0) is 44.5 Å². The van der Waals surface area contributed by atoms with Crippen molar-refractivity contribution in [1.29, 1.82) is 0 Å². The summed E-state index contributed by atoms with van der Waals surface area (Å²) in [4.78, 5) is 25.3. The van der Waals surface area contributed by atoms with E-state index < -0.39 is 11.8 Å². The van der Waals surface area contributed by atoms with Crippen LogP contribution < -0.4 is 10.9 Å². The molecule has 1 atom stereocenters. The van der Waals surface area contributed by atoms with Gasteiger partial charge in [-0.1, -0.05) is 0 Å². The van der Waals surface area contributed by atoms with Gasteiger partial charge in [0.1, 0.15) is 10.5 Å². The van der Waals surface area contributed by atoms with Crippen molar-refractivity contribution in [3.8, 4) is 11.5 Å². The minimum atomic E-state index is -2.85. The van der Waals surface area contributed by atoms with Crippen LogP contribution in [0.5, 0.6) is 0 Å². The van der Waals surface area contributed by atoms with E-state index in [2.05, 4.69) is 25.4 Å². The molecule has 5 rings (SSSR count). The number of rotatable bonds is 2. The lowest BCUT2D eigenvalue weighted by Crippen LogP contribution is -2.44. The van der Waals surface area contributed by atoms with E-state index >= 15 is 0 Å². The number of alkyl halides is 2. The van der Waals surface area contributed by atoms with Gasteiger partial charge in [0, 0.05) is 4.88 Å². The summed E-state index contributed by atoms with van der Waals surface area (Å²) in [5.41, 5.74) is 2.60. The molecule has 0 spiro atoms. The van der Waals surface area contributed by atoms with Gasteiger partial charge in [-0.3, -0.25) is 4.79 Å². The molecule has 7 nitrogen and oxygen atoms in total. The molecule has 1 fully saturated rings. The fourth-order valence-corrected chi connectivity index (χ4v) is 5.02. The topological polar surface area (TPSA) is 88.0 Å². The Bertz CT molecular complexity index is 1310. The van der Waals surface area contributed by atoms with Gasteiger partial charge < -0.3 is 10.3 Å². The molecule has 2 N–H and O–H groups in total. The van der Waals surface area contributed by atoms with E-state index in [4.69, 9.17) is 0 Å². The fraction of sp³-hybridized carbons (Fsp3) is 0.368. The molecule has 150 valence electrons. The molecule has 0 aromatic carbocycles. The molecule has 0 amide bonds. The largest absolute Gasteiger partial charge is 0.311 e. The second-order valence-corrected chi connectivity index (χ2v) is 8.49. The molecule has 5 heterocycles. The average molecular weight is 416 g/mol. The highest BCUT2D eigenvalue weighted by Gasteiger charge is 2.43. The highest BCUT2D eigenvalue weighted by atomic mass is 32.1. The second-order valence-electron chi connectivity index (χ2n) is 7.42. The molecule has 4 aromatic heterocycles. The number of H-pyrrole nitrogens is 1. The van der Waals surface area contributed by atoms with Crippen LogP contribution in [0.4, 0.5) is 8.78 Å². The summed E-state index contributed by atoms with van der Waals surface area (Å²) in [6, 6.07) is 3.36. The number of hydrogen-bond donors (Lipinski definition) is 2. The number of thiophene rings is 1. The van der Waals surface area contributed by atoms with E-state index in [9.17, 15) is 13.6 Å². The van der Waals surface area contributed by atoms with E-state index in [-0.39, 0.29) is 12.1 Å². The Morgan fingerprint density at radius 2 is 2.10 bits per heavy atom. The Kier molecular flexibility index (Phi) is 4.04. The number of fused-ring (bicyclic) bond motifs is 2. The highest BCUT2D eigenvalue weighted by molar-refractivity contribution is 7.18. The number of piperidine rings is 1. The van der Waals surface area contributed by atoms with E-state index in [1.54, 1.807) is 22.8 Å². The van der Waals surface area contributed by atoms with Crippen LogP contribution in [0, 0.1) is 13.8 Å². The third-order valence-corrected chi connectivity index (χ3v) is 6.36. The molecule has 0 aliphatic carbocycles. The van der Waals surface area contributed by atoms with Gasteiger partial charge >= 0.3 is 0 Å². The van der Waals surface area contributed by atoms with Crippen molar-refractivity contribution in [1.82, 2.24) is 29.9 Å². The molecule has 0 saturated carbocycles. The molecule has 0 radical (unpaired) electrons. The number of nitrogens with one attached hydrogen (secondary N) is 2. The van der Waals surface area contributed by atoms with Crippen LogP contribution in [0.15, 0.2) is 23.1 Å². The maximum Gasteiger partial charge on any atom is 0.267 e. The van der Waals surface area contributed by atoms with Crippen molar-refractivity contribution in [3.63, 3.8) is 0 Å².